The van der Waals surface area contributed by atoms with E-state index in [-0.39, 0.29) is 5.91 Å². The van der Waals surface area contributed by atoms with Gasteiger partial charge in [0.15, 0.2) is 0 Å². The number of benzene rings is 2. The van der Waals surface area contributed by atoms with Gasteiger partial charge in [-0.1, -0.05) is 42.5 Å². The molecule has 2 amide bonds. The van der Waals surface area contributed by atoms with Crippen LogP contribution in [0.5, 0.6) is 0 Å². The molecule has 1 aliphatic rings. The molecule has 0 aliphatic carbocycles. The number of nitrogens with zero attached hydrogens (tertiary/aromatic N) is 4. The van der Waals surface area contributed by atoms with Gasteiger partial charge in [-0.05, 0) is 24.3 Å². The first-order valence-electron chi connectivity index (χ1n) is 12.1. The summed E-state index contributed by atoms with van der Waals surface area (Å²) in [5.41, 5.74) is 3.92. The van der Waals surface area contributed by atoms with Crippen LogP contribution in [0.1, 0.15) is 20.7 Å². The average Bonchev–Trinajstić information content (AvgIpc) is 3.41. The van der Waals surface area contributed by atoms with Crippen LogP contribution in [0.4, 0.5) is 0 Å². The van der Waals surface area contributed by atoms with Crippen LogP contribution in [0.2, 0.25) is 0 Å². The Kier molecular flexibility index (Phi) is 5.69. The first-order valence-corrected chi connectivity index (χ1v) is 12.1. The zero-order chi connectivity index (χ0) is 25.4. The standard InChI is InChI=1S/C29H23N5O3/c35-27(29(37)34-16-14-33(15-17-34)28(36)20-6-2-1-3-7-20)23-18-32-25-21(23)11-13-31-26(25)22-10-4-8-19-9-5-12-30-24(19)22/h1-13,18,32H,14-17H2. The molecular weight excluding hydrogens is 466 g/mol. The Bertz CT molecular complexity index is 1650. The number of Topliss-reactive ketones (excluding diaryl/α,β-unsaturated/α-hetero) is 1. The van der Waals surface area contributed by atoms with E-state index in [0.717, 1.165) is 16.5 Å². The number of aromatic amines is 1. The number of piperazine rings is 1. The van der Waals surface area contributed by atoms with Gasteiger partial charge in [-0.15, -0.1) is 0 Å². The number of aromatic nitrogens is 3. The molecule has 4 heterocycles. The molecule has 1 saturated heterocycles. The van der Waals surface area contributed by atoms with Gasteiger partial charge in [-0.2, -0.15) is 0 Å². The highest BCUT2D eigenvalue weighted by atomic mass is 16.2. The molecule has 0 atom stereocenters. The Morgan fingerprint density at radius 1 is 0.757 bits per heavy atom. The zero-order valence-corrected chi connectivity index (χ0v) is 19.9. The summed E-state index contributed by atoms with van der Waals surface area (Å²) in [6.07, 6.45) is 4.95. The number of carbonyl (C=O) groups is 3. The largest absolute Gasteiger partial charge is 0.359 e. The molecule has 0 radical (unpaired) electrons. The number of carbonyl (C=O) groups excluding carboxylic acids is 3. The van der Waals surface area contributed by atoms with Crippen LogP contribution in [-0.4, -0.2) is 68.5 Å². The Hall–Kier alpha value is -4.85. The maximum atomic E-state index is 13.3. The highest BCUT2D eigenvalue weighted by molar-refractivity contribution is 6.45. The summed E-state index contributed by atoms with van der Waals surface area (Å²) in [6, 6.07) is 20.6. The van der Waals surface area contributed by atoms with E-state index in [0.29, 0.717) is 53.9 Å². The summed E-state index contributed by atoms with van der Waals surface area (Å²) in [6.45, 7) is 1.37. The van der Waals surface area contributed by atoms with Crippen LogP contribution < -0.4 is 0 Å². The molecule has 1 aliphatic heterocycles. The summed E-state index contributed by atoms with van der Waals surface area (Å²) in [7, 11) is 0. The molecule has 0 saturated carbocycles. The third kappa shape index (κ3) is 4.02. The Labute approximate surface area is 212 Å². The van der Waals surface area contributed by atoms with E-state index in [9.17, 15) is 14.4 Å². The molecule has 2 aromatic carbocycles. The highest BCUT2D eigenvalue weighted by Gasteiger charge is 2.30. The third-order valence-electron chi connectivity index (χ3n) is 6.80. The summed E-state index contributed by atoms with van der Waals surface area (Å²) >= 11 is 0. The van der Waals surface area contributed by atoms with E-state index in [1.807, 2.05) is 48.5 Å². The summed E-state index contributed by atoms with van der Waals surface area (Å²) in [5, 5.41) is 1.62. The van der Waals surface area contributed by atoms with E-state index in [2.05, 4.69) is 15.0 Å². The average molecular weight is 490 g/mol. The lowest BCUT2D eigenvalue weighted by molar-refractivity contribution is -0.127. The molecule has 8 nitrogen and oxygen atoms in total. The summed E-state index contributed by atoms with van der Waals surface area (Å²) in [5.74, 6) is -1.22. The number of pyridine rings is 2. The van der Waals surface area contributed by atoms with Crippen molar-refractivity contribution >= 4 is 39.4 Å². The summed E-state index contributed by atoms with van der Waals surface area (Å²) in [4.78, 5) is 54.6. The topological polar surface area (TPSA) is 99.3 Å². The SMILES string of the molecule is O=C(C(=O)N1CCN(C(=O)c2ccccc2)CC1)c1c[nH]c2c(-c3cccc4cccnc34)nccc12. The predicted molar refractivity (Wildman–Crippen MR) is 140 cm³/mol. The fourth-order valence-corrected chi connectivity index (χ4v) is 4.88. The fraction of sp³-hybridized carbons (Fsp3) is 0.138. The number of rotatable bonds is 4. The molecule has 3 aromatic heterocycles. The molecule has 0 bridgehead atoms. The van der Waals surface area contributed by atoms with Gasteiger partial charge in [0.1, 0.15) is 0 Å². The number of fused-ring (bicyclic) bond motifs is 2. The minimum Gasteiger partial charge on any atom is -0.359 e. The van der Waals surface area contributed by atoms with Gasteiger partial charge in [-0.25, -0.2) is 0 Å². The number of amides is 2. The van der Waals surface area contributed by atoms with Gasteiger partial charge < -0.3 is 14.8 Å². The molecule has 0 spiro atoms. The first-order chi connectivity index (χ1) is 18.1. The highest BCUT2D eigenvalue weighted by Crippen LogP contribution is 2.32. The minimum atomic E-state index is -0.581. The predicted octanol–water partition coefficient (Wildman–Crippen LogP) is 3.95. The number of hydrogen-bond donors (Lipinski definition) is 1. The zero-order valence-electron chi connectivity index (χ0n) is 19.9. The van der Waals surface area contributed by atoms with E-state index in [4.69, 9.17) is 0 Å². The van der Waals surface area contributed by atoms with Crippen molar-refractivity contribution in [2.75, 3.05) is 26.2 Å². The minimum absolute atomic E-state index is 0.0707. The van der Waals surface area contributed by atoms with Crippen molar-refractivity contribution in [1.82, 2.24) is 24.8 Å². The second-order valence-electron chi connectivity index (χ2n) is 8.94. The molecule has 8 heteroatoms. The lowest BCUT2D eigenvalue weighted by Crippen LogP contribution is -2.52. The maximum absolute atomic E-state index is 13.3. The van der Waals surface area contributed by atoms with Crippen LogP contribution in [0.3, 0.4) is 0 Å². The maximum Gasteiger partial charge on any atom is 0.295 e. The number of hydrogen-bond acceptors (Lipinski definition) is 5. The normalized spacial score (nSPS) is 13.7. The van der Waals surface area contributed by atoms with Crippen LogP contribution in [-0.2, 0) is 4.79 Å². The summed E-state index contributed by atoms with van der Waals surface area (Å²) < 4.78 is 0. The van der Waals surface area contributed by atoms with Crippen molar-refractivity contribution < 1.29 is 14.4 Å². The molecule has 182 valence electrons. The fourth-order valence-electron chi connectivity index (χ4n) is 4.88. The van der Waals surface area contributed by atoms with Crippen molar-refractivity contribution in [1.29, 1.82) is 0 Å². The van der Waals surface area contributed by atoms with Crippen LogP contribution >= 0.6 is 0 Å². The number of para-hydroxylation sites is 1. The van der Waals surface area contributed by atoms with Crippen LogP contribution in [0, 0.1) is 0 Å². The van der Waals surface area contributed by atoms with Crippen molar-refractivity contribution in [3.63, 3.8) is 0 Å². The molecule has 1 N–H and O–H groups in total. The molecule has 1 fully saturated rings. The van der Waals surface area contributed by atoms with Gasteiger partial charge in [0.05, 0.1) is 22.3 Å². The van der Waals surface area contributed by atoms with Crippen molar-refractivity contribution in [2.24, 2.45) is 0 Å². The van der Waals surface area contributed by atoms with E-state index >= 15 is 0 Å². The van der Waals surface area contributed by atoms with Crippen molar-refractivity contribution in [3.05, 3.63) is 96.4 Å². The second-order valence-corrected chi connectivity index (χ2v) is 8.94. The molecule has 5 aromatic rings. The number of H-pyrrole nitrogens is 1. The van der Waals surface area contributed by atoms with Gasteiger partial charge in [0.2, 0.25) is 0 Å². The molecule has 37 heavy (non-hydrogen) atoms. The molecule has 6 rings (SSSR count). The Balaban J connectivity index is 1.23. The first kappa shape index (κ1) is 22.6. The van der Waals surface area contributed by atoms with Gasteiger partial charge in [0.25, 0.3) is 17.6 Å². The smallest absolute Gasteiger partial charge is 0.295 e. The van der Waals surface area contributed by atoms with E-state index in [1.165, 1.54) is 4.90 Å². The van der Waals surface area contributed by atoms with Crippen molar-refractivity contribution in [2.45, 2.75) is 0 Å². The second kappa shape index (κ2) is 9.31. The Morgan fingerprint density at radius 2 is 1.51 bits per heavy atom. The lowest BCUT2D eigenvalue weighted by atomic mass is 10.0. The monoisotopic (exact) mass is 489 g/mol. The quantitative estimate of drug-likeness (QED) is 0.305. The lowest BCUT2D eigenvalue weighted by Gasteiger charge is -2.34. The van der Waals surface area contributed by atoms with Crippen molar-refractivity contribution in [3.8, 4) is 11.3 Å². The Morgan fingerprint density at radius 3 is 2.32 bits per heavy atom. The van der Waals surface area contributed by atoms with E-state index in [1.54, 1.807) is 41.7 Å². The molecular formula is C29H23N5O3. The molecule has 0 unspecified atom stereocenters. The van der Waals surface area contributed by atoms with Crippen LogP contribution in [0.25, 0.3) is 33.1 Å². The third-order valence-corrected chi connectivity index (χ3v) is 6.80. The van der Waals surface area contributed by atoms with E-state index < -0.39 is 11.7 Å². The number of ketones is 1. The van der Waals surface area contributed by atoms with Gasteiger partial charge in [0, 0.05) is 66.7 Å². The van der Waals surface area contributed by atoms with Gasteiger partial charge in [-0.3, -0.25) is 24.4 Å². The van der Waals surface area contributed by atoms with Crippen LogP contribution in [0.15, 0.2) is 85.3 Å². The number of nitrogens with one attached hydrogen (secondary N) is 1. The van der Waals surface area contributed by atoms with Gasteiger partial charge >= 0.3 is 0 Å².